The Morgan fingerprint density at radius 2 is 2.00 bits per heavy atom. The second-order valence-electron chi connectivity index (χ2n) is 5.61. The zero-order valence-electron chi connectivity index (χ0n) is 13.0. The van der Waals surface area contributed by atoms with Crippen LogP contribution < -0.4 is 4.90 Å². The van der Waals surface area contributed by atoms with Gasteiger partial charge in [0, 0.05) is 36.9 Å². The van der Waals surface area contributed by atoms with Crippen molar-refractivity contribution in [3.05, 3.63) is 40.1 Å². The molecule has 0 bridgehead atoms. The summed E-state index contributed by atoms with van der Waals surface area (Å²) in [6, 6.07) is 7.79. The van der Waals surface area contributed by atoms with Crippen molar-refractivity contribution >= 4 is 39.5 Å². The molecule has 1 amide bonds. The van der Waals surface area contributed by atoms with E-state index in [1.807, 2.05) is 36.1 Å². The summed E-state index contributed by atoms with van der Waals surface area (Å²) < 4.78 is 1.61. The zero-order chi connectivity index (χ0) is 16.7. The third-order valence-electron chi connectivity index (χ3n) is 4.07. The smallest absolute Gasteiger partial charge is 0.284 e. The van der Waals surface area contributed by atoms with Gasteiger partial charge in [-0.2, -0.15) is 4.52 Å². The van der Waals surface area contributed by atoms with Crippen molar-refractivity contribution in [2.24, 2.45) is 0 Å². The van der Waals surface area contributed by atoms with Crippen LogP contribution in [0.3, 0.4) is 0 Å². The lowest BCUT2D eigenvalue weighted by Crippen LogP contribution is -2.48. The Balaban J connectivity index is 1.46. The van der Waals surface area contributed by atoms with Crippen molar-refractivity contribution in [1.29, 1.82) is 0 Å². The topological polar surface area (TPSA) is 66.6 Å². The molecule has 124 valence electrons. The predicted octanol–water partition coefficient (Wildman–Crippen LogP) is 2.11. The first-order valence-electron chi connectivity index (χ1n) is 7.60. The second kappa shape index (κ2) is 6.03. The lowest BCUT2D eigenvalue weighted by Gasteiger charge is -2.35. The highest BCUT2D eigenvalue weighted by molar-refractivity contribution is 7.18. The summed E-state index contributed by atoms with van der Waals surface area (Å²) in [6.45, 7) is 4.68. The number of hydrogen-bond acceptors (Lipinski definition) is 6. The van der Waals surface area contributed by atoms with E-state index in [-0.39, 0.29) is 5.91 Å². The van der Waals surface area contributed by atoms with Gasteiger partial charge in [0.05, 0.1) is 0 Å². The maximum Gasteiger partial charge on any atom is 0.284 e. The molecule has 9 heteroatoms. The average Bonchev–Trinajstić information content (AvgIpc) is 3.17. The van der Waals surface area contributed by atoms with Crippen molar-refractivity contribution in [1.82, 2.24) is 24.7 Å². The Labute approximate surface area is 147 Å². The molecule has 0 aliphatic carbocycles. The number of halogens is 1. The van der Waals surface area contributed by atoms with Gasteiger partial charge in [0.15, 0.2) is 5.82 Å². The summed E-state index contributed by atoms with van der Waals surface area (Å²) in [5.41, 5.74) is 1.09. The normalized spacial score (nSPS) is 15.2. The predicted molar refractivity (Wildman–Crippen MR) is 93.0 cm³/mol. The van der Waals surface area contributed by atoms with E-state index >= 15 is 0 Å². The van der Waals surface area contributed by atoms with E-state index < -0.39 is 0 Å². The minimum Gasteiger partial charge on any atom is -0.368 e. The van der Waals surface area contributed by atoms with Gasteiger partial charge in [-0.3, -0.25) is 4.79 Å². The standard InChI is InChI=1S/C15H15ClN6OS/c1-10-17-18-15-22(10)19-13(24-15)14(23)21-7-5-20(6-8-21)12-4-2-3-11(16)9-12/h2-4,9H,5-8H2,1H3. The van der Waals surface area contributed by atoms with Crippen LogP contribution in [0, 0.1) is 6.92 Å². The van der Waals surface area contributed by atoms with E-state index in [9.17, 15) is 4.79 Å². The molecule has 0 spiro atoms. The molecule has 1 saturated heterocycles. The number of benzene rings is 1. The molecular weight excluding hydrogens is 348 g/mol. The molecule has 7 nitrogen and oxygen atoms in total. The molecular formula is C15H15ClN6OS. The van der Waals surface area contributed by atoms with Crippen molar-refractivity contribution in [2.75, 3.05) is 31.1 Å². The van der Waals surface area contributed by atoms with Crippen molar-refractivity contribution in [2.45, 2.75) is 6.92 Å². The van der Waals surface area contributed by atoms with Gasteiger partial charge in [-0.15, -0.1) is 15.3 Å². The van der Waals surface area contributed by atoms with Gasteiger partial charge in [-0.1, -0.05) is 29.0 Å². The number of hydrogen-bond donors (Lipinski definition) is 0. The molecule has 0 N–H and O–H groups in total. The van der Waals surface area contributed by atoms with Crippen molar-refractivity contribution in [3.8, 4) is 0 Å². The number of carbonyl (C=O) groups excluding carboxylic acids is 1. The fraction of sp³-hybridized carbons (Fsp3) is 0.333. The molecule has 4 rings (SSSR count). The van der Waals surface area contributed by atoms with E-state index in [0.717, 1.165) is 23.8 Å². The van der Waals surface area contributed by atoms with Crippen LogP contribution in [0.25, 0.3) is 4.96 Å². The summed E-state index contributed by atoms with van der Waals surface area (Å²) in [4.78, 5) is 17.4. The third kappa shape index (κ3) is 2.71. The van der Waals surface area contributed by atoms with Gasteiger partial charge in [-0.05, 0) is 25.1 Å². The molecule has 3 aromatic rings. The Morgan fingerprint density at radius 3 is 2.71 bits per heavy atom. The first kappa shape index (κ1) is 15.3. The first-order valence-corrected chi connectivity index (χ1v) is 8.80. The molecule has 0 saturated carbocycles. The number of anilines is 1. The van der Waals surface area contributed by atoms with Gasteiger partial charge in [0.25, 0.3) is 5.91 Å². The van der Waals surface area contributed by atoms with E-state index in [1.54, 1.807) is 4.52 Å². The van der Waals surface area contributed by atoms with Gasteiger partial charge < -0.3 is 9.80 Å². The van der Waals surface area contributed by atoms with Crippen LogP contribution in [0.2, 0.25) is 5.02 Å². The van der Waals surface area contributed by atoms with Crippen LogP contribution in [0.1, 0.15) is 15.6 Å². The largest absolute Gasteiger partial charge is 0.368 e. The SMILES string of the molecule is Cc1nnc2sc(C(=O)N3CCN(c4cccc(Cl)c4)CC3)nn12. The molecule has 1 fully saturated rings. The number of fused-ring (bicyclic) bond motifs is 1. The Kier molecular flexibility index (Phi) is 3.85. The number of aromatic nitrogens is 4. The fourth-order valence-electron chi connectivity index (χ4n) is 2.78. The lowest BCUT2D eigenvalue weighted by molar-refractivity contribution is 0.0745. The molecule has 0 unspecified atom stereocenters. The van der Waals surface area contributed by atoms with Gasteiger partial charge in [-0.25, -0.2) is 0 Å². The Morgan fingerprint density at radius 1 is 1.21 bits per heavy atom. The summed E-state index contributed by atoms with van der Waals surface area (Å²) in [5.74, 6) is 0.640. The molecule has 0 atom stereocenters. The molecule has 2 aromatic heterocycles. The van der Waals surface area contributed by atoms with Gasteiger partial charge in [0.1, 0.15) is 0 Å². The van der Waals surface area contributed by atoms with Crippen LogP contribution in [0.15, 0.2) is 24.3 Å². The molecule has 3 heterocycles. The van der Waals surface area contributed by atoms with Gasteiger partial charge in [0.2, 0.25) is 9.97 Å². The minimum atomic E-state index is -0.0457. The minimum absolute atomic E-state index is 0.0457. The molecule has 24 heavy (non-hydrogen) atoms. The maximum atomic E-state index is 12.6. The summed E-state index contributed by atoms with van der Waals surface area (Å²) in [6.07, 6.45) is 0. The van der Waals surface area contributed by atoms with E-state index in [2.05, 4.69) is 20.2 Å². The van der Waals surface area contributed by atoms with Crippen LogP contribution in [0.4, 0.5) is 5.69 Å². The maximum absolute atomic E-state index is 12.6. The molecule has 1 aliphatic heterocycles. The average molecular weight is 363 g/mol. The van der Waals surface area contributed by atoms with Gasteiger partial charge >= 0.3 is 0 Å². The molecule has 1 aromatic carbocycles. The number of amides is 1. The fourth-order valence-corrected chi connectivity index (χ4v) is 3.81. The Bertz CT molecular complexity index is 898. The van der Waals surface area contributed by atoms with Crippen LogP contribution in [0.5, 0.6) is 0 Å². The summed E-state index contributed by atoms with van der Waals surface area (Å²) in [5, 5.41) is 13.4. The van der Waals surface area contributed by atoms with E-state index in [4.69, 9.17) is 11.6 Å². The highest BCUT2D eigenvalue weighted by atomic mass is 35.5. The monoisotopic (exact) mass is 362 g/mol. The first-order chi connectivity index (χ1) is 11.6. The van der Waals surface area contributed by atoms with Crippen molar-refractivity contribution in [3.63, 3.8) is 0 Å². The quantitative estimate of drug-likeness (QED) is 0.698. The van der Waals surface area contributed by atoms with E-state index in [1.165, 1.54) is 11.3 Å². The highest BCUT2D eigenvalue weighted by Gasteiger charge is 2.25. The number of piperazine rings is 1. The van der Waals surface area contributed by atoms with Crippen LogP contribution >= 0.6 is 22.9 Å². The summed E-state index contributed by atoms with van der Waals surface area (Å²) >= 11 is 7.33. The zero-order valence-corrected chi connectivity index (χ0v) is 14.6. The highest BCUT2D eigenvalue weighted by Crippen LogP contribution is 2.22. The Hall–Kier alpha value is -2.19. The lowest BCUT2D eigenvalue weighted by atomic mass is 10.2. The summed E-state index contributed by atoms with van der Waals surface area (Å²) in [7, 11) is 0. The number of rotatable bonds is 2. The van der Waals surface area contributed by atoms with Crippen LogP contribution in [-0.2, 0) is 0 Å². The third-order valence-corrected chi connectivity index (χ3v) is 5.19. The molecule has 0 radical (unpaired) electrons. The van der Waals surface area contributed by atoms with E-state index in [0.29, 0.717) is 28.9 Å². The second-order valence-corrected chi connectivity index (χ2v) is 7.00. The van der Waals surface area contributed by atoms with Crippen molar-refractivity contribution < 1.29 is 4.79 Å². The number of aryl methyl sites for hydroxylation is 1. The molecule has 1 aliphatic rings. The van der Waals surface area contributed by atoms with Crippen LogP contribution in [-0.4, -0.2) is 56.8 Å². The number of carbonyl (C=O) groups is 1. The number of nitrogens with zero attached hydrogens (tertiary/aromatic N) is 6.